The predicted molar refractivity (Wildman–Crippen MR) is 82.8 cm³/mol. The summed E-state index contributed by atoms with van der Waals surface area (Å²) in [5.74, 6) is -0.336. The topological polar surface area (TPSA) is 12.0 Å². The molecule has 106 valence electrons. The van der Waals surface area contributed by atoms with E-state index in [2.05, 4.69) is 37.4 Å². The molecule has 0 fully saturated rings. The zero-order valence-electron chi connectivity index (χ0n) is 12.0. The lowest BCUT2D eigenvalue weighted by atomic mass is 9.96. The third kappa shape index (κ3) is 3.20. The molecule has 0 saturated heterocycles. The van der Waals surface area contributed by atoms with E-state index in [-0.39, 0.29) is 16.9 Å². The van der Waals surface area contributed by atoms with E-state index in [1.54, 1.807) is 18.2 Å². The molecular formula is C17H19ClFN. The molecule has 0 aliphatic carbocycles. The van der Waals surface area contributed by atoms with Gasteiger partial charge in [-0.25, -0.2) is 4.39 Å². The lowest BCUT2D eigenvalue weighted by molar-refractivity contribution is 0.534. The quantitative estimate of drug-likeness (QED) is 0.868. The molecule has 2 aromatic carbocycles. The van der Waals surface area contributed by atoms with Gasteiger partial charge in [0, 0.05) is 11.6 Å². The van der Waals surface area contributed by atoms with Gasteiger partial charge in [-0.3, -0.25) is 0 Å². The number of halogens is 2. The molecule has 0 heterocycles. The first kappa shape index (κ1) is 15.0. The van der Waals surface area contributed by atoms with Crippen LogP contribution in [0, 0.1) is 19.7 Å². The van der Waals surface area contributed by atoms with Crippen molar-refractivity contribution in [3.8, 4) is 0 Å². The number of likely N-dealkylation sites (N-methyl/N-ethyl adjacent to an activating group) is 1. The smallest absolute Gasteiger partial charge is 0.146 e. The van der Waals surface area contributed by atoms with E-state index < -0.39 is 0 Å². The molecule has 0 aliphatic rings. The minimum Gasteiger partial charge on any atom is -0.313 e. The van der Waals surface area contributed by atoms with Gasteiger partial charge in [0.2, 0.25) is 0 Å². The highest BCUT2D eigenvalue weighted by atomic mass is 35.5. The van der Waals surface area contributed by atoms with Crippen LogP contribution >= 0.6 is 11.6 Å². The molecule has 3 heteroatoms. The fourth-order valence-corrected chi connectivity index (χ4v) is 2.51. The molecule has 1 nitrogen and oxygen atoms in total. The molecule has 0 aliphatic heterocycles. The highest BCUT2D eigenvalue weighted by molar-refractivity contribution is 6.30. The Hall–Kier alpha value is -1.38. The van der Waals surface area contributed by atoms with Crippen LogP contribution in [-0.4, -0.2) is 7.05 Å². The van der Waals surface area contributed by atoms with Crippen molar-refractivity contribution in [3.63, 3.8) is 0 Å². The number of rotatable bonds is 4. The van der Waals surface area contributed by atoms with Crippen LogP contribution in [0.4, 0.5) is 4.39 Å². The van der Waals surface area contributed by atoms with Gasteiger partial charge in [-0.2, -0.15) is 0 Å². The Balaban J connectivity index is 2.28. The third-order valence-corrected chi connectivity index (χ3v) is 4.01. The van der Waals surface area contributed by atoms with Gasteiger partial charge < -0.3 is 5.32 Å². The summed E-state index contributed by atoms with van der Waals surface area (Å²) in [7, 11) is 1.84. The second-order valence-electron chi connectivity index (χ2n) is 5.11. The van der Waals surface area contributed by atoms with Gasteiger partial charge in [-0.05, 0) is 50.1 Å². The second-order valence-corrected chi connectivity index (χ2v) is 5.51. The van der Waals surface area contributed by atoms with Gasteiger partial charge in [-0.1, -0.05) is 41.9 Å². The van der Waals surface area contributed by atoms with Gasteiger partial charge in [0.1, 0.15) is 5.82 Å². The van der Waals surface area contributed by atoms with Crippen molar-refractivity contribution in [2.45, 2.75) is 26.3 Å². The van der Waals surface area contributed by atoms with Crippen LogP contribution in [-0.2, 0) is 6.42 Å². The normalized spacial score (nSPS) is 12.4. The minimum absolute atomic E-state index is 0.0872. The summed E-state index contributed by atoms with van der Waals surface area (Å²) in [4.78, 5) is 0. The van der Waals surface area contributed by atoms with Gasteiger partial charge in [-0.15, -0.1) is 0 Å². The maximum atomic E-state index is 14.1. The van der Waals surface area contributed by atoms with Crippen molar-refractivity contribution in [1.29, 1.82) is 0 Å². The SMILES string of the molecule is CNC(Cc1ccc(C)c(C)c1)c1cccc(Cl)c1F. The summed E-state index contributed by atoms with van der Waals surface area (Å²) in [6, 6.07) is 11.4. The first-order valence-electron chi connectivity index (χ1n) is 6.70. The molecule has 1 unspecified atom stereocenters. The number of aryl methyl sites for hydroxylation is 2. The van der Waals surface area contributed by atoms with Crippen molar-refractivity contribution in [2.75, 3.05) is 7.05 Å². The van der Waals surface area contributed by atoms with E-state index in [4.69, 9.17) is 11.6 Å². The van der Waals surface area contributed by atoms with Crippen molar-refractivity contribution in [1.82, 2.24) is 5.32 Å². The van der Waals surface area contributed by atoms with E-state index in [0.29, 0.717) is 5.56 Å². The molecule has 2 aromatic rings. The van der Waals surface area contributed by atoms with Crippen LogP contribution in [0.2, 0.25) is 5.02 Å². The van der Waals surface area contributed by atoms with Gasteiger partial charge in [0.05, 0.1) is 5.02 Å². The molecule has 2 rings (SSSR count). The molecule has 0 aromatic heterocycles. The summed E-state index contributed by atoms with van der Waals surface area (Å²) in [5.41, 5.74) is 4.32. The van der Waals surface area contributed by atoms with Crippen molar-refractivity contribution in [2.24, 2.45) is 0 Å². The number of nitrogens with one attached hydrogen (secondary N) is 1. The van der Waals surface area contributed by atoms with Crippen molar-refractivity contribution in [3.05, 3.63) is 69.5 Å². The van der Waals surface area contributed by atoms with E-state index in [1.807, 2.05) is 7.05 Å². The highest BCUT2D eigenvalue weighted by Gasteiger charge is 2.16. The largest absolute Gasteiger partial charge is 0.313 e. The molecule has 0 bridgehead atoms. The number of hydrogen-bond donors (Lipinski definition) is 1. The zero-order chi connectivity index (χ0) is 14.7. The lowest BCUT2D eigenvalue weighted by Crippen LogP contribution is -2.20. The maximum absolute atomic E-state index is 14.1. The standard InChI is InChI=1S/C17H19ClFN/c1-11-7-8-13(9-12(11)2)10-16(20-3)14-5-4-6-15(18)17(14)19/h4-9,16,20H,10H2,1-3H3. The lowest BCUT2D eigenvalue weighted by Gasteiger charge is -2.18. The van der Waals surface area contributed by atoms with Crippen molar-refractivity contribution < 1.29 is 4.39 Å². The van der Waals surface area contributed by atoms with Crippen LogP contribution in [0.3, 0.4) is 0 Å². The molecule has 0 amide bonds. The maximum Gasteiger partial charge on any atom is 0.146 e. The zero-order valence-corrected chi connectivity index (χ0v) is 12.8. The average Bonchev–Trinajstić information content (AvgIpc) is 2.43. The monoisotopic (exact) mass is 291 g/mol. The average molecular weight is 292 g/mol. The summed E-state index contributed by atoms with van der Waals surface area (Å²) in [5, 5.41) is 3.34. The van der Waals surface area contributed by atoms with E-state index in [9.17, 15) is 4.39 Å². The second kappa shape index (κ2) is 6.38. The van der Waals surface area contributed by atoms with E-state index in [1.165, 1.54) is 16.7 Å². The predicted octanol–water partition coefficient (Wildman–Crippen LogP) is 4.60. The molecule has 20 heavy (non-hydrogen) atoms. The van der Waals surface area contributed by atoms with Gasteiger partial charge >= 0.3 is 0 Å². The Morgan fingerprint density at radius 1 is 1.15 bits per heavy atom. The Bertz CT molecular complexity index is 610. The van der Waals surface area contributed by atoms with Crippen LogP contribution in [0.15, 0.2) is 36.4 Å². The van der Waals surface area contributed by atoms with Gasteiger partial charge in [0.25, 0.3) is 0 Å². The molecule has 0 saturated carbocycles. The Labute approximate surface area is 124 Å². The summed E-state index contributed by atoms with van der Waals surface area (Å²) in [6.45, 7) is 4.18. The fourth-order valence-electron chi connectivity index (χ4n) is 2.32. The van der Waals surface area contributed by atoms with Crippen LogP contribution < -0.4 is 5.32 Å². The molecule has 1 N–H and O–H groups in total. The molecule has 0 spiro atoms. The van der Waals surface area contributed by atoms with Crippen LogP contribution in [0.1, 0.15) is 28.3 Å². The number of benzene rings is 2. The summed E-state index contributed by atoms with van der Waals surface area (Å²) >= 11 is 5.86. The minimum atomic E-state index is -0.336. The summed E-state index contributed by atoms with van der Waals surface area (Å²) in [6.07, 6.45) is 0.731. The first-order valence-corrected chi connectivity index (χ1v) is 7.08. The van der Waals surface area contributed by atoms with Crippen LogP contribution in [0.25, 0.3) is 0 Å². The molecule has 1 atom stereocenters. The van der Waals surface area contributed by atoms with E-state index >= 15 is 0 Å². The first-order chi connectivity index (χ1) is 9.52. The van der Waals surface area contributed by atoms with Crippen LogP contribution in [0.5, 0.6) is 0 Å². The third-order valence-electron chi connectivity index (χ3n) is 3.72. The number of hydrogen-bond acceptors (Lipinski definition) is 1. The summed E-state index contributed by atoms with van der Waals surface area (Å²) < 4.78 is 14.1. The fraction of sp³-hybridized carbons (Fsp3) is 0.294. The van der Waals surface area contributed by atoms with Crippen molar-refractivity contribution >= 4 is 11.6 Å². The Morgan fingerprint density at radius 3 is 2.55 bits per heavy atom. The molecule has 0 radical (unpaired) electrons. The van der Waals surface area contributed by atoms with E-state index in [0.717, 1.165) is 6.42 Å². The highest BCUT2D eigenvalue weighted by Crippen LogP contribution is 2.26. The Morgan fingerprint density at radius 2 is 1.90 bits per heavy atom. The van der Waals surface area contributed by atoms with Gasteiger partial charge in [0.15, 0.2) is 0 Å². The molecular weight excluding hydrogens is 273 g/mol. The Kier molecular flexibility index (Phi) is 4.79.